The van der Waals surface area contributed by atoms with Gasteiger partial charge in [0.15, 0.2) is 5.82 Å². The van der Waals surface area contributed by atoms with Crippen molar-refractivity contribution in [1.29, 1.82) is 0 Å². The molecule has 1 heterocycles. The minimum Gasteiger partial charge on any atom is -0.384 e. The number of aromatic nitrogens is 2. The van der Waals surface area contributed by atoms with E-state index in [0.717, 1.165) is 12.1 Å². The smallest absolute Gasteiger partial charge is 0.151 e. The molecule has 0 radical (unpaired) electrons. The first kappa shape index (κ1) is 13.3. The van der Waals surface area contributed by atoms with Gasteiger partial charge in [0.1, 0.15) is 11.3 Å². The van der Waals surface area contributed by atoms with Crippen LogP contribution in [0, 0.1) is 11.7 Å². The van der Waals surface area contributed by atoms with Gasteiger partial charge >= 0.3 is 0 Å². The highest BCUT2D eigenvalue weighted by atomic mass is 35.5. The van der Waals surface area contributed by atoms with Crippen molar-refractivity contribution >= 4 is 22.6 Å². The zero-order valence-electron chi connectivity index (χ0n) is 10.5. The van der Waals surface area contributed by atoms with Crippen LogP contribution in [0.25, 0.3) is 11.0 Å². The number of fused-ring (bicyclic) bond motifs is 1. The van der Waals surface area contributed by atoms with E-state index in [0.29, 0.717) is 23.9 Å². The molecule has 0 fully saturated rings. The van der Waals surface area contributed by atoms with E-state index in [1.165, 1.54) is 6.07 Å². The van der Waals surface area contributed by atoms with Crippen LogP contribution < -0.4 is 0 Å². The van der Waals surface area contributed by atoms with E-state index >= 15 is 0 Å². The van der Waals surface area contributed by atoms with Crippen molar-refractivity contribution < 1.29 is 9.13 Å². The zero-order chi connectivity index (χ0) is 13.1. The van der Waals surface area contributed by atoms with Crippen molar-refractivity contribution in [3.63, 3.8) is 0 Å². The van der Waals surface area contributed by atoms with Gasteiger partial charge in [0.2, 0.25) is 0 Å². The predicted octanol–water partition coefficient (Wildman–Crippen LogP) is 3.20. The molecule has 0 amide bonds. The van der Waals surface area contributed by atoms with Crippen molar-refractivity contribution in [3.8, 4) is 0 Å². The molecule has 18 heavy (non-hydrogen) atoms. The average Bonchev–Trinajstić information content (AvgIpc) is 2.69. The van der Waals surface area contributed by atoms with Gasteiger partial charge in [-0.3, -0.25) is 0 Å². The van der Waals surface area contributed by atoms with Crippen LogP contribution in [0.1, 0.15) is 12.7 Å². The SMILES string of the molecule is COCC(C)Cn1c(CCl)nc2c(F)cccc21. The number of nitrogens with zero attached hydrogens (tertiary/aromatic N) is 2. The van der Waals surface area contributed by atoms with Crippen molar-refractivity contribution in [2.45, 2.75) is 19.3 Å². The van der Waals surface area contributed by atoms with Crippen LogP contribution in [0.4, 0.5) is 4.39 Å². The summed E-state index contributed by atoms with van der Waals surface area (Å²) in [6.07, 6.45) is 0. The lowest BCUT2D eigenvalue weighted by Crippen LogP contribution is -2.14. The fourth-order valence-electron chi connectivity index (χ4n) is 2.12. The highest BCUT2D eigenvalue weighted by Crippen LogP contribution is 2.21. The normalized spacial score (nSPS) is 13.1. The lowest BCUT2D eigenvalue weighted by Gasteiger charge is -2.13. The van der Waals surface area contributed by atoms with Crippen LogP contribution >= 0.6 is 11.6 Å². The number of benzene rings is 1. The standard InChI is InChI=1S/C13H16ClFN2O/c1-9(8-18-2)7-17-11-5-3-4-10(15)13(11)16-12(17)6-14/h3-5,9H,6-8H2,1-2H3. The van der Waals surface area contributed by atoms with E-state index in [4.69, 9.17) is 16.3 Å². The number of rotatable bonds is 5. The Labute approximate surface area is 111 Å². The van der Waals surface area contributed by atoms with Crippen molar-refractivity contribution in [2.75, 3.05) is 13.7 Å². The van der Waals surface area contributed by atoms with Crippen LogP contribution in [0.5, 0.6) is 0 Å². The Bertz CT molecular complexity index is 541. The van der Waals surface area contributed by atoms with Gasteiger partial charge in [-0.05, 0) is 18.1 Å². The topological polar surface area (TPSA) is 27.1 Å². The molecule has 1 unspecified atom stereocenters. The molecule has 3 nitrogen and oxygen atoms in total. The summed E-state index contributed by atoms with van der Waals surface area (Å²) in [5, 5.41) is 0. The molecule has 1 atom stereocenters. The quantitative estimate of drug-likeness (QED) is 0.780. The maximum atomic E-state index is 13.7. The minimum atomic E-state index is -0.308. The van der Waals surface area contributed by atoms with Gasteiger partial charge in [0.05, 0.1) is 18.0 Å². The first-order valence-corrected chi connectivity index (χ1v) is 6.39. The van der Waals surface area contributed by atoms with E-state index in [9.17, 15) is 4.39 Å². The summed E-state index contributed by atoms with van der Waals surface area (Å²) in [6, 6.07) is 4.96. The third kappa shape index (κ3) is 2.49. The molecule has 1 aromatic carbocycles. The second-order valence-corrected chi connectivity index (χ2v) is 4.71. The van der Waals surface area contributed by atoms with E-state index in [2.05, 4.69) is 11.9 Å². The van der Waals surface area contributed by atoms with E-state index < -0.39 is 0 Å². The molecule has 0 aliphatic heterocycles. The maximum Gasteiger partial charge on any atom is 0.151 e. The second kappa shape index (κ2) is 5.67. The van der Waals surface area contributed by atoms with Gasteiger partial charge in [-0.25, -0.2) is 9.37 Å². The molecule has 0 saturated carbocycles. The molecule has 0 aliphatic carbocycles. The lowest BCUT2D eigenvalue weighted by atomic mass is 10.2. The summed E-state index contributed by atoms with van der Waals surface area (Å²) in [5.74, 6) is 0.975. The van der Waals surface area contributed by atoms with Crippen molar-refractivity contribution in [2.24, 2.45) is 5.92 Å². The fourth-order valence-corrected chi connectivity index (χ4v) is 2.32. The third-order valence-corrected chi connectivity index (χ3v) is 3.11. The Kier molecular flexibility index (Phi) is 4.19. The molecule has 1 aromatic heterocycles. The van der Waals surface area contributed by atoms with E-state index in [-0.39, 0.29) is 11.7 Å². The number of hydrogen-bond donors (Lipinski definition) is 0. The summed E-state index contributed by atoms with van der Waals surface area (Å²) in [7, 11) is 1.67. The summed E-state index contributed by atoms with van der Waals surface area (Å²) in [6.45, 7) is 3.44. The van der Waals surface area contributed by atoms with Gasteiger partial charge in [0, 0.05) is 13.7 Å². The number of ether oxygens (including phenoxy) is 1. The average molecular weight is 271 g/mol. The summed E-state index contributed by atoms with van der Waals surface area (Å²) in [5.41, 5.74) is 1.17. The zero-order valence-corrected chi connectivity index (χ0v) is 11.2. The number of para-hydroxylation sites is 1. The largest absolute Gasteiger partial charge is 0.384 e. The number of halogens is 2. The first-order valence-electron chi connectivity index (χ1n) is 5.86. The van der Waals surface area contributed by atoms with E-state index in [1.807, 2.05) is 10.6 Å². The molecule has 0 bridgehead atoms. The predicted molar refractivity (Wildman–Crippen MR) is 70.3 cm³/mol. The fraction of sp³-hybridized carbons (Fsp3) is 0.462. The molecule has 2 aromatic rings. The highest BCUT2D eigenvalue weighted by molar-refractivity contribution is 6.16. The molecule has 0 aliphatic rings. The number of imidazole rings is 1. The van der Waals surface area contributed by atoms with Crippen LogP contribution in [-0.4, -0.2) is 23.3 Å². The molecule has 5 heteroatoms. The second-order valence-electron chi connectivity index (χ2n) is 4.44. The Balaban J connectivity index is 2.44. The van der Waals surface area contributed by atoms with Crippen LogP contribution in [0.15, 0.2) is 18.2 Å². The molecular formula is C13H16ClFN2O. The van der Waals surface area contributed by atoms with Gasteiger partial charge in [-0.1, -0.05) is 13.0 Å². The van der Waals surface area contributed by atoms with Crippen LogP contribution in [-0.2, 0) is 17.2 Å². The lowest BCUT2D eigenvalue weighted by molar-refractivity contribution is 0.151. The summed E-state index contributed by atoms with van der Waals surface area (Å²) < 4.78 is 20.7. The van der Waals surface area contributed by atoms with E-state index in [1.54, 1.807) is 13.2 Å². The monoisotopic (exact) mass is 270 g/mol. The third-order valence-electron chi connectivity index (χ3n) is 2.87. The van der Waals surface area contributed by atoms with Gasteiger partial charge in [-0.15, -0.1) is 11.6 Å². The Morgan fingerprint density at radius 1 is 1.50 bits per heavy atom. The van der Waals surface area contributed by atoms with Crippen molar-refractivity contribution in [3.05, 3.63) is 29.8 Å². The summed E-state index contributed by atoms with van der Waals surface area (Å²) >= 11 is 5.88. The molecule has 0 saturated heterocycles. The molecule has 98 valence electrons. The molecule has 0 N–H and O–H groups in total. The Morgan fingerprint density at radius 3 is 2.94 bits per heavy atom. The number of alkyl halides is 1. The molecular weight excluding hydrogens is 255 g/mol. The van der Waals surface area contributed by atoms with Crippen molar-refractivity contribution in [1.82, 2.24) is 9.55 Å². The first-order chi connectivity index (χ1) is 8.67. The van der Waals surface area contributed by atoms with Crippen LogP contribution in [0.3, 0.4) is 0 Å². The maximum absolute atomic E-state index is 13.7. The van der Waals surface area contributed by atoms with Gasteiger partial charge in [0.25, 0.3) is 0 Å². The summed E-state index contributed by atoms with van der Waals surface area (Å²) in [4.78, 5) is 4.26. The molecule has 0 spiro atoms. The highest BCUT2D eigenvalue weighted by Gasteiger charge is 2.14. The molecule has 2 rings (SSSR count). The van der Waals surface area contributed by atoms with Gasteiger partial charge in [-0.2, -0.15) is 0 Å². The number of hydrogen-bond acceptors (Lipinski definition) is 2. The Morgan fingerprint density at radius 2 is 2.28 bits per heavy atom. The Hall–Kier alpha value is -1.13. The van der Waals surface area contributed by atoms with Gasteiger partial charge < -0.3 is 9.30 Å². The number of methoxy groups -OCH3 is 1. The van der Waals surface area contributed by atoms with Crippen LogP contribution in [0.2, 0.25) is 0 Å². The minimum absolute atomic E-state index is 0.272.